The van der Waals surface area contributed by atoms with Gasteiger partial charge in [0.25, 0.3) is 5.91 Å². The summed E-state index contributed by atoms with van der Waals surface area (Å²) in [7, 11) is 0. The molecule has 0 bridgehead atoms. The number of amides is 1. The summed E-state index contributed by atoms with van der Waals surface area (Å²) in [4.78, 5) is 12.5. The summed E-state index contributed by atoms with van der Waals surface area (Å²) in [5.74, 6) is -0.148. The number of carbonyl (C=O) groups excluding carboxylic acids is 1. The summed E-state index contributed by atoms with van der Waals surface area (Å²) in [5.41, 5.74) is 5.97. The molecule has 4 nitrogen and oxygen atoms in total. The molecule has 0 unspecified atom stereocenters. The van der Waals surface area contributed by atoms with Crippen molar-refractivity contribution in [1.82, 2.24) is 15.1 Å². The summed E-state index contributed by atoms with van der Waals surface area (Å²) < 4.78 is 2.45. The van der Waals surface area contributed by atoms with E-state index < -0.39 is 0 Å². The zero-order valence-electron chi connectivity index (χ0n) is 16.4. The second kappa shape index (κ2) is 8.34. The highest BCUT2D eigenvalue weighted by Crippen LogP contribution is 2.30. The molecular formula is C25H17N3OS2. The zero-order chi connectivity index (χ0) is 21.2. The second-order valence-electron chi connectivity index (χ2n) is 7.00. The van der Waals surface area contributed by atoms with E-state index in [-0.39, 0.29) is 5.91 Å². The number of benzene rings is 3. The van der Waals surface area contributed by atoms with E-state index in [1.165, 1.54) is 11.8 Å². The lowest BCUT2D eigenvalue weighted by Crippen LogP contribution is -2.17. The largest absolute Gasteiger partial charge is 0.307 e. The van der Waals surface area contributed by atoms with E-state index in [0.29, 0.717) is 9.23 Å². The van der Waals surface area contributed by atoms with Gasteiger partial charge < -0.3 is 5.32 Å². The normalized spacial score (nSPS) is 14.8. The van der Waals surface area contributed by atoms with E-state index in [0.717, 1.165) is 33.8 Å². The third-order valence-electron chi connectivity index (χ3n) is 4.93. The molecule has 150 valence electrons. The number of carbonyl (C=O) groups is 1. The summed E-state index contributed by atoms with van der Waals surface area (Å²) in [6.45, 7) is 0. The van der Waals surface area contributed by atoms with Crippen molar-refractivity contribution < 1.29 is 4.79 Å². The Morgan fingerprint density at radius 1 is 0.871 bits per heavy atom. The van der Waals surface area contributed by atoms with Gasteiger partial charge in [-0.3, -0.25) is 4.79 Å². The number of nitrogens with zero attached hydrogens (tertiary/aromatic N) is 2. The van der Waals surface area contributed by atoms with Gasteiger partial charge in [-0.2, -0.15) is 5.10 Å². The van der Waals surface area contributed by atoms with Gasteiger partial charge in [0, 0.05) is 11.1 Å². The number of aromatic nitrogens is 2. The van der Waals surface area contributed by atoms with Gasteiger partial charge in [0.05, 0.1) is 22.0 Å². The van der Waals surface area contributed by atoms with Crippen LogP contribution in [-0.2, 0) is 4.79 Å². The third-order valence-corrected chi connectivity index (χ3v) is 6.09. The molecule has 1 aliphatic heterocycles. The molecule has 1 aromatic heterocycles. The Kier molecular flexibility index (Phi) is 5.24. The van der Waals surface area contributed by atoms with Crippen LogP contribution in [0, 0.1) is 0 Å². The average molecular weight is 440 g/mol. The quantitative estimate of drug-likeness (QED) is 0.328. The van der Waals surface area contributed by atoms with E-state index in [4.69, 9.17) is 17.3 Å². The molecule has 1 aliphatic rings. The van der Waals surface area contributed by atoms with E-state index >= 15 is 0 Å². The van der Waals surface area contributed by atoms with Crippen molar-refractivity contribution in [2.24, 2.45) is 0 Å². The highest BCUT2D eigenvalue weighted by atomic mass is 32.2. The minimum atomic E-state index is -0.148. The Hall–Kier alpha value is -3.48. The molecule has 5 rings (SSSR count). The maximum Gasteiger partial charge on any atom is 0.263 e. The third kappa shape index (κ3) is 4.08. The van der Waals surface area contributed by atoms with Crippen molar-refractivity contribution in [2.45, 2.75) is 0 Å². The predicted molar refractivity (Wildman–Crippen MR) is 131 cm³/mol. The zero-order valence-corrected chi connectivity index (χ0v) is 18.0. The van der Waals surface area contributed by atoms with E-state index in [2.05, 4.69) is 35.6 Å². The Bertz CT molecular complexity index is 1290. The molecule has 1 saturated heterocycles. The Morgan fingerprint density at radius 3 is 2.13 bits per heavy atom. The first-order chi connectivity index (χ1) is 15.2. The SMILES string of the molecule is O=C1NC(=S)S/C1=C\c1ccc(-n2nc(-c3ccccc3)cc2-c2ccccc2)cc1. The lowest BCUT2D eigenvalue weighted by Gasteiger charge is -2.08. The molecule has 1 N–H and O–H groups in total. The number of thioether (sulfide) groups is 1. The van der Waals surface area contributed by atoms with Crippen LogP contribution in [0.2, 0.25) is 0 Å². The van der Waals surface area contributed by atoms with Crippen LogP contribution in [0.4, 0.5) is 0 Å². The smallest absolute Gasteiger partial charge is 0.263 e. The fourth-order valence-electron chi connectivity index (χ4n) is 3.43. The first-order valence-electron chi connectivity index (χ1n) is 9.73. The molecule has 3 aromatic carbocycles. The van der Waals surface area contributed by atoms with Crippen molar-refractivity contribution in [1.29, 1.82) is 0 Å². The maximum atomic E-state index is 11.9. The summed E-state index contributed by atoms with van der Waals surface area (Å²) >= 11 is 6.34. The second-order valence-corrected chi connectivity index (χ2v) is 8.72. The summed E-state index contributed by atoms with van der Waals surface area (Å²) in [6.07, 6.45) is 1.85. The van der Waals surface area contributed by atoms with Crippen molar-refractivity contribution in [2.75, 3.05) is 0 Å². The van der Waals surface area contributed by atoms with E-state index in [9.17, 15) is 4.79 Å². The topological polar surface area (TPSA) is 46.9 Å². The molecule has 1 amide bonds. The highest BCUT2D eigenvalue weighted by Gasteiger charge is 2.22. The fourth-order valence-corrected chi connectivity index (χ4v) is 4.47. The van der Waals surface area contributed by atoms with Crippen LogP contribution in [-0.4, -0.2) is 20.0 Å². The van der Waals surface area contributed by atoms with E-state index in [1.54, 1.807) is 0 Å². The van der Waals surface area contributed by atoms with E-state index in [1.807, 2.05) is 71.4 Å². The summed E-state index contributed by atoms with van der Waals surface area (Å²) in [5, 5.41) is 7.54. The Balaban J connectivity index is 1.55. The minimum absolute atomic E-state index is 0.148. The molecule has 0 atom stereocenters. The molecule has 31 heavy (non-hydrogen) atoms. The van der Waals surface area contributed by atoms with Gasteiger partial charge in [0.2, 0.25) is 0 Å². The van der Waals surface area contributed by atoms with Crippen molar-refractivity contribution >= 4 is 40.3 Å². The van der Waals surface area contributed by atoms with Crippen LogP contribution in [0.5, 0.6) is 0 Å². The predicted octanol–water partition coefficient (Wildman–Crippen LogP) is 5.70. The van der Waals surface area contributed by atoms with Crippen molar-refractivity contribution in [3.05, 3.63) is 101 Å². The highest BCUT2D eigenvalue weighted by molar-refractivity contribution is 8.26. The molecule has 1 fully saturated rings. The molecule has 6 heteroatoms. The average Bonchev–Trinajstić information content (AvgIpc) is 3.39. The first-order valence-corrected chi connectivity index (χ1v) is 11.0. The number of hydrogen-bond acceptors (Lipinski definition) is 4. The van der Waals surface area contributed by atoms with Gasteiger partial charge in [-0.15, -0.1) is 0 Å². The van der Waals surface area contributed by atoms with Gasteiger partial charge >= 0.3 is 0 Å². The lowest BCUT2D eigenvalue weighted by molar-refractivity contribution is -0.115. The fraction of sp³-hybridized carbons (Fsp3) is 0. The summed E-state index contributed by atoms with van der Waals surface area (Å²) in [6, 6.07) is 30.5. The number of hydrogen-bond donors (Lipinski definition) is 1. The number of thiocarbonyl (C=S) groups is 1. The standard InChI is InChI=1S/C25H17N3OS2/c29-24-23(31-25(30)26-24)15-17-11-13-20(14-12-17)28-22(19-9-5-2-6-10-19)16-21(27-28)18-7-3-1-4-8-18/h1-16H,(H,26,29,30)/b23-15-. The van der Waals surface area contributed by atoms with Crippen LogP contribution in [0.3, 0.4) is 0 Å². The van der Waals surface area contributed by atoms with Crippen LogP contribution < -0.4 is 5.32 Å². The van der Waals surface area contributed by atoms with Gasteiger partial charge in [0.1, 0.15) is 4.32 Å². The molecule has 0 aliphatic carbocycles. The Morgan fingerprint density at radius 2 is 1.52 bits per heavy atom. The van der Waals surface area contributed by atoms with Crippen molar-refractivity contribution in [3.8, 4) is 28.2 Å². The maximum absolute atomic E-state index is 11.9. The molecule has 2 heterocycles. The molecule has 0 radical (unpaired) electrons. The van der Waals surface area contributed by atoms with Crippen LogP contribution >= 0.6 is 24.0 Å². The number of nitrogens with one attached hydrogen (secondary N) is 1. The number of rotatable bonds is 4. The van der Waals surface area contributed by atoms with Crippen molar-refractivity contribution in [3.63, 3.8) is 0 Å². The Labute approximate surface area is 189 Å². The molecule has 0 saturated carbocycles. The van der Waals surface area contributed by atoms with Crippen LogP contribution in [0.1, 0.15) is 5.56 Å². The molecule has 4 aromatic rings. The van der Waals surface area contributed by atoms with Gasteiger partial charge in [0.15, 0.2) is 0 Å². The molecule has 0 spiro atoms. The monoisotopic (exact) mass is 439 g/mol. The van der Waals surface area contributed by atoms with Gasteiger partial charge in [-0.25, -0.2) is 4.68 Å². The first kappa shape index (κ1) is 19.5. The van der Waals surface area contributed by atoms with Gasteiger partial charge in [-0.1, -0.05) is 96.8 Å². The van der Waals surface area contributed by atoms with Crippen LogP contribution in [0.25, 0.3) is 34.3 Å². The minimum Gasteiger partial charge on any atom is -0.307 e. The molecular weight excluding hydrogens is 422 g/mol. The van der Waals surface area contributed by atoms with Gasteiger partial charge in [-0.05, 0) is 29.8 Å². The van der Waals surface area contributed by atoms with Crippen LogP contribution in [0.15, 0.2) is 95.9 Å². The lowest BCUT2D eigenvalue weighted by atomic mass is 10.1.